The fourth-order valence-corrected chi connectivity index (χ4v) is 2.60. The second kappa shape index (κ2) is 4.42. The number of nitrogens with two attached hydrogens (primary N) is 1. The van der Waals surface area contributed by atoms with Gasteiger partial charge in [-0.15, -0.1) is 0 Å². The van der Waals surface area contributed by atoms with E-state index in [1.54, 1.807) is 6.92 Å². The summed E-state index contributed by atoms with van der Waals surface area (Å²) in [6.45, 7) is 1.79. The molecule has 1 aliphatic rings. The van der Waals surface area contributed by atoms with Crippen LogP contribution in [0.2, 0.25) is 0 Å². The first-order chi connectivity index (χ1) is 9.50. The Morgan fingerprint density at radius 3 is 2.95 bits per heavy atom. The standard InChI is InChI=1S/C14H13FN2O3/c1-6-9(15)2-3-10-11(6)13(18)7-4-20-5-8(14(16)19)12(7)17-10/h2-3,8H,4-5H2,1H3,(H2,16,19)(H,17,18). The van der Waals surface area contributed by atoms with Crippen molar-refractivity contribution < 1.29 is 13.9 Å². The highest BCUT2D eigenvalue weighted by atomic mass is 19.1. The van der Waals surface area contributed by atoms with E-state index in [4.69, 9.17) is 10.5 Å². The number of hydrogen-bond donors (Lipinski definition) is 2. The van der Waals surface area contributed by atoms with Gasteiger partial charge < -0.3 is 15.5 Å². The number of benzene rings is 1. The van der Waals surface area contributed by atoms with Crippen LogP contribution in [0.5, 0.6) is 0 Å². The van der Waals surface area contributed by atoms with Crippen molar-refractivity contribution in [3.05, 3.63) is 45.0 Å². The van der Waals surface area contributed by atoms with Crippen LogP contribution in [0.25, 0.3) is 10.9 Å². The van der Waals surface area contributed by atoms with Gasteiger partial charge in [0, 0.05) is 16.8 Å². The molecule has 0 saturated carbocycles. The summed E-state index contributed by atoms with van der Waals surface area (Å²) in [5.41, 5.74) is 6.63. The predicted molar refractivity (Wildman–Crippen MR) is 70.9 cm³/mol. The molecule has 20 heavy (non-hydrogen) atoms. The first-order valence-corrected chi connectivity index (χ1v) is 6.21. The monoisotopic (exact) mass is 276 g/mol. The first-order valence-electron chi connectivity index (χ1n) is 6.21. The molecule has 1 atom stereocenters. The number of primary amides is 1. The Balaban J connectivity index is 2.39. The Labute approximate surface area is 113 Å². The molecule has 0 fully saturated rings. The van der Waals surface area contributed by atoms with Crippen LogP contribution in [0.15, 0.2) is 16.9 Å². The lowest BCUT2D eigenvalue weighted by Crippen LogP contribution is -2.33. The number of amides is 1. The number of aromatic amines is 1. The third kappa shape index (κ3) is 1.72. The summed E-state index contributed by atoms with van der Waals surface area (Å²) in [6.07, 6.45) is 0. The summed E-state index contributed by atoms with van der Waals surface area (Å²) >= 11 is 0. The number of hydrogen-bond acceptors (Lipinski definition) is 3. The largest absolute Gasteiger partial charge is 0.375 e. The molecule has 0 bridgehead atoms. The van der Waals surface area contributed by atoms with Crippen molar-refractivity contribution in [2.45, 2.75) is 19.4 Å². The predicted octanol–water partition coefficient (Wildman–Crippen LogP) is 1.07. The van der Waals surface area contributed by atoms with Gasteiger partial charge in [-0.05, 0) is 24.6 Å². The number of nitrogens with one attached hydrogen (secondary N) is 1. The van der Waals surface area contributed by atoms with Gasteiger partial charge in [-0.1, -0.05) is 0 Å². The molecule has 5 nitrogen and oxygen atoms in total. The molecule has 1 aromatic carbocycles. The topological polar surface area (TPSA) is 85.2 Å². The average molecular weight is 276 g/mol. The van der Waals surface area contributed by atoms with Gasteiger partial charge in [-0.25, -0.2) is 4.39 Å². The van der Waals surface area contributed by atoms with E-state index in [1.165, 1.54) is 12.1 Å². The van der Waals surface area contributed by atoms with Crippen LogP contribution >= 0.6 is 0 Å². The maximum absolute atomic E-state index is 13.6. The number of ether oxygens (including phenoxy) is 1. The minimum Gasteiger partial charge on any atom is -0.375 e. The highest BCUT2D eigenvalue weighted by Crippen LogP contribution is 2.26. The van der Waals surface area contributed by atoms with Crippen LogP contribution in [0.3, 0.4) is 0 Å². The third-order valence-electron chi connectivity index (χ3n) is 3.72. The van der Waals surface area contributed by atoms with Crippen molar-refractivity contribution in [1.82, 2.24) is 4.98 Å². The zero-order valence-corrected chi connectivity index (χ0v) is 10.8. The van der Waals surface area contributed by atoms with Crippen LogP contribution in [0, 0.1) is 12.7 Å². The van der Waals surface area contributed by atoms with E-state index in [1.807, 2.05) is 0 Å². The van der Waals surface area contributed by atoms with Gasteiger partial charge in [0.15, 0.2) is 5.43 Å². The maximum Gasteiger partial charge on any atom is 0.228 e. The van der Waals surface area contributed by atoms with Crippen molar-refractivity contribution in [1.29, 1.82) is 0 Å². The summed E-state index contributed by atoms with van der Waals surface area (Å²) in [4.78, 5) is 27.0. The van der Waals surface area contributed by atoms with Gasteiger partial charge in [0.2, 0.25) is 5.91 Å². The molecule has 1 unspecified atom stereocenters. The van der Waals surface area contributed by atoms with Crippen molar-refractivity contribution in [3.8, 4) is 0 Å². The average Bonchev–Trinajstić information content (AvgIpc) is 2.42. The van der Waals surface area contributed by atoms with Crippen LogP contribution in [0.1, 0.15) is 22.7 Å². The van der Waals surface area contributed by atoms with E-state index >= 15 is 0 Å². The smallest absolute Gasteiger partial charge is 0.228 e. The molecule has 1 amide bonds. The summed E-state index contributed by atoms with van der Waals surface area (Å²) in [5, 5.41) is 0.289. The quantitative estimate of drug-likeness (QED) is 0.817. The van der Waals surface area contributed by atoms with Crippen molar-refractivity contribution >= 4 is 16.8 Å². The normalized spacial score (nSPS) is 18.0. The van der Waals surface area contributed by atoms with Crippen molar-refractivity contribution in [2.24, 2.45) is 5.73 Å². The Kier molecular flexibility index (Phi) is 2.83. The third-order valence-corrected chi connectivity index (χ3v) is 3.72. The number of H-pyrrole nitrogens is 1. The molecule has 0 saturated heterocycles. The minimum absolute atomic E-state index is 0.0976. The molecule has 6 heteroatoms. The number of rotatable bonds is 1. The lowest BCUT2D eigenvalue weighted by atomic mass is 9.95. The molecule has 3 N–H and O–H groups in total. The van der Waals surface area contributed by atoms with Gasteiger partial charge in [0.25, 0.3) is 0 Å². The van der Waals surface area contributed by atoms with Crippen LogP contribution in [-0.4, -0.2) is 17.5 Å². The fraction of sp³-hybridized carbons (Fsp3) is 0.286. The lowest BCUT2D eigenvalue weighted by molar-refractivity contribution is -0.121. The molecule has 2 aromatic rings. The van der Waals surface area contributed by atoms with Crippen molar-refractivity contribution in [2.75, 3.05) is 6.61 Å². The highest BCUT2D eigenvalue weighted by molar-refractivity contribution is 5.86. The van der Waals surface area contributed by atoms with Gasteiger partial charge in [0.05, 0.1) is 18.6 Å². The van der Waals surface area contributed by atoms with Crippen LogP contribution in [0.4, 0.5) is 4.39 Å². The Hall–Kier alpha value is -2.21. The number of halogens is 1. The van der Waals surface area contributed by atoms with E-state index in [0.29, 0.717) is 16.8 Å². The molecule has 0 aliphatic carbocycles. The summed E-state index contributed by atoms with van der Waals surface area (Å²) in [5.74, 6) is -1.67. The van der Waals surface area contributed by atoms with Crippen LogP contribution in [-0.2, 0) is 16.1 Å². The molecule has 104 valence electrons. The molecular formula is C14H13FN2O3. The lowest BCUT2D eigenvalue weighted by Gasteiger charge is -2.23. The SMILES string of the molecule is Cc1c(F)ccc2[nH]c3c(c(=O)c12)COCC3C(N)=O. The molecule has 0 spiro atoms. The number of pyridine rings is 1. The van der Waals surface area contributed by atoms with Crippen molar-refractivity contribution in [3.63, 3.8) is 0 Å². The molecule has 2 heterocycles. The zero-order valence-electron chi connectivity index (χ0n) is 10.8. The summed E-state index contributed by atoms with van der Waals surface area (Å²) < 4.78 is 18.9. The van der Waals surface area contributed by atoms with Crippen LogP contribution < -0.4 is 11.2 Å². The number of aryl methyl sites for hydroxylation is 1. The molecule has 0 radical (unpaired) electrons. The Morgan fingerprint density at radius 1 is 1.50 bits per heavy atom. The number of fused-ring (bicyclic) bond motifs is 2. The van der Waals surface area contributed by atoms with E-state index in [-0.39, 0.29) is 29.6 Å². The van der Waals surface area contributed by atoms with Gasteiger partial charge in [-0.3, -0.25) is 9.59 Å². The number of aromatic nitrogens is 1. The Bertz CT molecular complexity index is 782. The fourth-order valence-electron chi connectivity index (χ4n) is 2.60. The second-order valence-corrected chi connectivity index (χ2v) is 4.91. The van der Waals surface area contributed by atoms with E-state index in [9.17, 15) is 14.0 Å². The minimum atomic E-state index is -0.679. The second-order valence-electron chi connectivity index (χ2n) is 4.91. The molecule has 3 rings (SSSR count). The summed E-state index contributed by atoms with van der Waals surface area (Å²) in [7, 11) is 0. The first kappa shape index (κ1) is 12.8. The highest BCUT2D eigenvalue weighted by Gasteiger charge is 2.29. The maximum atomic E-state index is 13.6. The summed E-state index contributed by atoms with van der Waals surface area (Å²) in [6, 6.07) is 2.78. The Morgan fingerprint density at radius 2 is 2.25 bits per heavy atom. The molecule has 1 aromatic heterocycles. The van der Waals surface area contributed by atoms with Gasteiger partial charge in [0.1, 0.15) is 11.7 Å². The number of carbonyl (C=O) groups excluding carboxylic acids is 1. The molecule has 1 aliphatic heterocycles. The van der Waals surface area contributed by atoms with Gasteiger partial charge in [-0.2, -0.15) is 0 Å². The van der Waals surface area contributed by atoms with Gasteiger partial charge >= 0.3 is 0 Å². The zero-order chi connectivity index (χ0) is 14.4. The molecular weight excluding hydrogens is 263 g/mol. The number of carbonyl (C=O) groups is 1. The van der Waals surface area contributed by atoms with E-state index in [0.717, 1.165) is 0 Å². The van der Waals surface area contributed by atoms with E-state index in [2.05, 4.69) is 4.98 Å². The van der Waals surface area contributed by atoms with E-state index < -0.39 is 17.6 Å².